The molecular formula is C13H10ClFN2O3. The van der Waals surface area contributed by atoms with Crippen LogP contribution < -0.4 is 5.32 Å². The number of carbonyl (C=O) groups is 2. The quantitative estimate of drug-likeness (QED) is 0.814. The van der Waals surface area contributed by atoms with Gasteiger partial charge in [0.05, 0.1) is 11.3 Å². The molecule has 1 aromatic heterocycles. The predicted octanol–water partition coefficient (Wildman–Crippen LogP) is 3.07. The summed E-state index contributed by atoms with van der Waals surface area (Å²) in [6.07, 6.45) is 1.34. The monoisotopic (exact) mass is 296 g/mol. The molecule has 0 bridgehead atoms. The summed E-state index contributed by atoms with van der Waals surface area (Å²) in [5, 5.41) is 11.6. The van der Waals surface area contributed by atoms with Gasteiger partial charge in [0.15, 0.2) is 0 Å². The van der Waals surface area contributed by atoms with Crippen molar-refractivity contribution in [2.24, 2.45) is 0 Å². The topological polar surface area (TPSA) is 82.2 Å². The van der Waals surface area contributed by atoms with Gasteiger partial charge in [-0.05, 0) is 25.1 Å². The third-order valence-corrected chi connectivity index (χ3v) is 2.95. The zero-order valence-electron chi connectivity index (χ0n) is 10.3. The Balaban J connectivity index is 2.31. The van der Waals surface area contributed by atoms with Crippen LogP contribution in [0.15, 0.2) is 24.4 Å². The molecule has 0 saturated carbocycles. The molecule has 1 heterocycles. The molecule has 2 rings (SSSR count). The molecule has 104 valence electrons. The zero-order chi connectivity index (χ0) is 14.9. The molecule has 0 saturated heterocycles. The van der Waals surface area contributed by atoms with E-state index in [1.807, 2.05) is 0 Å². The van der Waals surface area contributed by atoms with Crippen molar-refractivity contribution < 1.29 is 19.1 Å². The first-order valence-electron chi connectivity index (χ1n) is 5.58. The molecule has 0 aliphatic rings. The second-order valence-electron chi connectivity index (χ2n) is 4.09. The second-order valence-corrected chi connectivity index (χ2v) is 4.52. The van der Waals surface area contributed by atoms with E-state index in [0.717, 1.165) is 6.07 Å². The summed E-state index contributed by atoms with van der Waals surface area (Å²) >= 11 is 5.60. The smallest absolute Gasteiger partial charge is 0.339 e. The second kappa shape index (κ2) is 5.34. The Labute approximate surface area is 118 Å². The van der Waals surface area contributed by atoms with E-state index < -0.39 is 17.7 Å². The number of nitrogens with one attached hydrogen (secondary N) is 2. The molecule has 3 N–H and O–H groups in total. The van der Waals surface area contributed by atoms with Gasteiger partial charge in [0.2, 0.25) is 0 Å². The molecule has 0 radical (unpaired) electrons. The number of aryl methyl sites for hydroxylation is 1. The van der Waals surface area contributed by atoms with E-state index in [2.05, 4.69) is 10.3 Å². The molecule has 7 heteroatoms. The van der Waals surface area contributed by atoms with Gasteiger partial charge in [-0.3, -0.25) is 4.79 Å². The number of aromatic amines is 1. The van der Waals surface area contributed by atoms with Gasteiger partial charge in [0.1, 0.15) is 11.4 Å². The lowest BCUT2D eigenvalue weighted by Gasteiger charge is -2.06. The Hall–Kier alpha value is -2.34. The Morgan fingerprint density at radius 3 is 2.70 bits per heavy atom. The van der Waals surface area contributed by atoms with Gasteiger partial charge < -0.3 is 15.4 Å². The maximum absolute atomic E-state index is 13.6. The number of halogens is 2. The van der Waals surface area contributed by atoms with Crippen molar-refractivity contribution in [2.75, 3.05) is 5.32 Å². The first-order chi connectivity index (χ1) is 9.40. The molecule has 1 aromatic carbocycles. The molecule has 0 aliphatic carbocycles. The number of H-pyrrole nitrogens is 1. The SMILES string of the molecule is Cc1[nH]cc(NC(=O)c2ccc(Cl)cc2F)c1C(=O)O. The lowest BCUT2D eigenvalue weighted by atomic mass is 10.2. The number of hydrogen-bond acceptors (Lipinski definition) is 2. The van der Waals surface area contributed by atoms with Crippen LogP contribution in [0, 0.1) is 12.7 Å². The number of carboxylic acids is 1. The maximum Gasteiger partial charge on any atom is 0.339 e. The molecule has 0 fully saturated rings. The Morgan fingerprint density at radius 1 is 1.40 bits per heavy atom. The summed E-state index contributed by atoms with van der Waals surface area (Å²) < 4.78 is 13.6. The Bertz CT molecular complexity index is 697. The van der Waals surface area contributed by atoms with Crippen LogP contribution in [0.5, 0.6) is 0 Å². The standard InChI is InChI=1S/C13H10ClFN2O3/c1-6-11(13(19)20)10(5-16-6)17-12(18)8-3-2-7(14)4-9(8)15/h2-5,16H,1H3,(H,17,18)(H,19,20). The maximum atomic E-state index is 13.6. The normalized spacial score (nSPS) is 10.3. The molecule has 5 nitrogen and oxygen atoms in total. The molecule has 1 amide bonds. The Kier molecular flexibility index (Phi) is 3.76. The highest BCUT2D eigenvalue weighted by Gasteiger charge is 2.19. The average Bonchev–Trinajstić information content (AvgIpc) is 2.70. The van der Waals surface area contributed by atoms with Gasteiger partial charge in [0, 0.05) is 16.9 Å². The van der Waals surface area contributed by atoms with E-state index in [-0.39, 0.29) is 21.8 Å². The largest absolute Gasteiger partial charge is 0.478 e. The first kappa shape index (κ1) is 14.1. The van der Waals surface area contributed by atoms with Gasteiger partial charge >= 0.3 is 5.97 Å². The summed E-state index contributed by atoms with van der Waals surface area (Å²) in [6.45, 7) is 1.56. The van der Waals surface area contributed by atoms with E-state index in [4.69, 9.17) is 16.7 Å². The van der Waals surface area contributed by atoms with Crippen LogP contribution >= 0.6 is 11.6 Å². The molecule has 2 aromatic rings. The summed E-state index contributed by atoms with van der Waals surface area (Å²) in [5.41, 5.74) is 0.191. The fourth-order valence-corrected chi connectivity index (χ4v) is 1.92. The Morgan fingerprint density at radius 2 is 2.10 bits per heavy atom. The van der Waals surface area contributed by atoms with Gasteiger partial charge in [-0.1, -0.05) is 11.6 Å². The highest BCUT2D eigenvalue weighted by molar-refractivity contribution is 6.30. The van der Waals surface area contributed by atoms with Gasteiger partial charge in [0.25, 0.3) is 5.91 Å². The third-order valence-electron chi connectivity index (χ3n) is 2.72. The molecular weight excluding hydrogens is 287 g/mol. The number of carboxylic acid groups (broad SMARTS) is 1. The van der Waals surface area contributed by atoms with Crippen molar-refractivity contribution in [1.82, 2.24) is 4.98 Å². The van der Waals surface area contributed by atoms with Crippen LogP contribution in [0.25, 0.3) is 0 Å². The number of anilines is 1. The van der Waals surface area contributed by atoms with Gasteiger partial charge in [-0.2, -0.15) is 0 Å². The summed E-state index contributed by atoms with van der Waals surface area (Å²) in [6, 6.07) is 3.62. The lowest BCUT2D eigenvalue weighted by Crippen LogP contribution is -2.15. The summed E-state index contributed by atoms with van der Waals surface area (Å²) in [7, 11) is 0. The van der Waals surface area contributed by atoms with E-state index in [0.29, 0.717) is 5.69 Å². The summed E-state index contributed by atoms with van der Waals surface area (Å²) in [4.78, 5) is 25.7. The minimum absolute atomic E-state index is 0.0623. The van der Waals surface area contributed by atoms with Crippen LogP contribution in [-0.2, 0) is 0 Å². The van der Waals surface area contributed by atoms with Gasteiger partial charge in [-0.15, -0.1) is 0 Å². The van der Waals surface area contributed by atoms with Crippen molar-refractivity contribution in [2.45, 2.75) is 6.92 Å². The van der Waals surface area contributed by atoms with Crippen LogP contribution in [0.4, 0.5) is 10.1 Å². The fraction of sp³-hybridized carbons (Fsp3) is 0.0769. The molecule has 0 unspecified atom stereocenters. The fourth-order valence-electron chi connectivity index (χ4n) is 1.76. The van der Waals surface area contributed by atoms with Crippen LogP contribution in [0.1, 0.15) is 26.4 Å². The number of rotatable bonds is 3. The van der Waals surface area contributed by atoms with Crippen molar-refractivity contribution in [3.05, 3.63) is 52.1 Å². The van der Waals surface area contributed by atoms with E-state index in [1.165, 1.54) is 18.3 Å². The summed E-state index contributed by atoms with van der Waals surface area (Å²) in [5.74, 6) is -2.71. The van der Waals surface area contributed by atoms with E-state index >= 15 is 0 Å². The van der Waals surface area contributed by atoms with Crippen LogP contribution in [0.2, 0.25) is 5.02 Å². The number of amides is 1. The number of aromatic carboxylic acids is 1. The average molecular weight is 297 g/mol. The van der Waals surface area contributed by atoms with Crippen LogP contribution in [-0.4, -0.2) is 22.0 Å². The highest BCUT2D eigenvalue weighted by atomic mass is 35.5. The van der Waals surface area contributed by atoms with Gasteiger partial charge in [-0.25, -0.2) is 9.18 Å². The zero-order valence-corrected chi connectivity index (χ0v) is 11.1. The van der Waals surface area contributed by atoms with E-state index in [9.17, 15) is 14.0 Å². The highest BCUT2D eigenvalue weighted by Crippen LogP contribution is 2.21. The van der Waals surface area contributed by atoms with E-state index in [1.54, 1.807) is 6.92 Å². The third kappa shape index (κ3) is 2.65. The molecule has 0 spiro atoms. The van der Waals surface area contributed by atoms with Crippen molar-refractivity contribution in [3.63, 3.8) is 0 Å². The molecule has 0 atom stereocenters. The lowest BCUT2D eigenvalue weighted by molar-refractivity contribution is 0.0697. The number of carbonyl (C=O) groups excluding carboxylic acids is 1. The predicted molar refractivity (Wildman–Crippen MR) is 71.9 cm³/mol. The number of benzene rings is 1. The molecule has 0 aliphatic heterocycles. The van der Waals surface area contributed by atoms with Crippen LogP contribution in [0.3, 0.4) is 0 Å². The van der Waals surface area contributed by atoms with Crippen molar-refractivity contribution >= 4 is 29.2 Å². The molecule has 20 heavy (non-hydrogen) atoms. The van der Waals surface area contributed by atoms with Crippen molar-refractivity contribution in [3.8, 4) is 0 Å². The number of aromatic nitrogens is 1. The minimum Gasteiger partial charge on any atom is -0.478 e. The number of hydrogen-bond donors (Lipinski definition) is 3. The minimum atomic E-state index is -1.18. The van der Waals surface area contributed by atoms with Crippen molar-refractivity contribution in [1.29, 1.82) is 0 Å². The first-order valence-corrected chi connectivity index (χ1v) is 5.95.